The fraction of sp³-hybridized carbons (Fsp3) is 0.125. The lowest BCUT2D eigenvalue weighted by molar-refractivity contribution is 0.0944. The van der Waals surface area contributed by atoms with Crippen molar-refractivity contribution in [1.29, 1.82) is 0 Å². The minimum atomic E-state index is -0.114. The van der Waals surface area contributed by atoms with E-state index >= 15 is 0 Å². The SMILES string of the molecule is CC(NC(=O)c1cnc(-c2ccccc2)s1)c1ccc(Cl)s1. The lowest BCUT2D eigenvalue weighted by Gasteiger charge is -2.10. The number of hydrogen-bond donors (Lipinski definition) is 1. The Morgan fingerprint density at radius 1 is 1.18 bits per heavy atom. The second-order valence-electron chi connectivity index (χ2n) is 4.73. The molecule has 0 saturated carbocycles. The van der Waals surface area contributed by atoms with Crippen LogP contribution in [-0.2, 0) is 0 Å². The lowest BCUT2D eigenvalue weighted by atomic mass is 10.2. The summed E-state index contributed by atoms with van der Waals surface area (Å²) in [5.41, 5.74) is 1.02. The van der Waals surface area contributed by atoms with Crippen molar-refractivity contribution in [2.24, 2.45) is 0 Å². The Bertz CT molecular complexity index is 782. The van der Waals surface area contributed by atoms with E-state index in [2.05, 4.69) is 10.3 Å². The molecule has 3 nitrogen and oxygen atoms in total. The first kappa shape index (κ1) is 15.2. The molecular weight excluding hydrogens is 336 g/mol. The number of thiophene rings is 1. The first-order valence-electron chi connectivity index (χ1n) is 6.71. The molecule has 0 aliphatic carbocycles. The van der Waals surface area contributed by atoms with Gasteiger partial charge in [0.1, 0.15) is 9.88 Å². The van der Waals surface area contributed by atoms with E-state index in [1.807, 2.05) is 49.4 Å². The number of aromatic nitrogens is 1. The highest BCUT2D eigenvalue weighted by Gasteiger charge is 2.16. The van der Waals surface area contributed by atoms with Gasteiger partial charge in [-0.15, -0.1) is 22.7 Å². The molecule has 112 valence electrons. The molecule has 0 aliphatic rings. The van der Waals surface area contributed by atoms with Gasteiger partial charge in [0.15, 0.2) is 0 Å². The van der Waals surface area contributed by atoms with Gasteiger partial charge in [0.05, 0.1) is 16.6 Å². The lowest BCUT2D eigenvalue weighted by Crippen LogP contribution is -2.25. The van der Waals surface area contributed by atoms with Crippen LogP contribution < -0.4 is 5.32 Å². The highest BCUT2D eigenvalue weighted by atomic mass is 35.5. The molecule has 2 aromatic heterocycles. The number of nitrogens with one attached hydrogen (secondary N) is 1. The summed E-state index contributed by atoms with van der Waals surface area (Å²) in [7, 11) is 0. The summed E-state index contributed by atoms with van der Waals surface area (Å²) in [6, 6.07) is 13.5. The van der Waals surface area contributed by atoms with Gasteiger partial charge in [-0.3, -0.25) is 4.79 Å². The minimum absolute atomic E-state index is 0.0766. The molecule has 3 rings (SSSR count). The molecule has 0 radical (unpaired) electrons. The number of amides is 1. The minimum Gasteiger partial charge on any atom is -0.344 e. The molecule has 0 aliphatic heterocycles. The van der Waals surface area contributed by atoms with Gasteiger partial charge in [-0.25, -0.2) is 4.98 Å². The number of hydrogen-bond acceptors (Lipinski definition) is 4. The Labute approximate surface area is 141 Å². The van der Waals surface area contributed by atoms with Gasteiger partial charge >= 0.3 is 0 Å². The van der Waals surface area contributed by atoms with E-state index in [1.54, 1.807) is 6.20 Å². The fourth-order valence-electron chi connectivity index (χ4n) is 1.99. The largest absolute Gasteiger partial charge is 0.344 e. The Balaban J connectivity index is 1.72. The van der Waals surface area contributed by atoms with Crippen LogP contribution in [0, 0.1) is 0 Å². The molecule has 0 fully saturated rings. The van der Waals surface area contributed by atoms with Crippen molar-refractivity contribution in [3.8, 4) is 10.6 Å². The Hall–Kier alpha value is -1.69. The standard InChI is InChI=1S/C16H13ClN2OS2/c1-10(12-7-8-14(17)21-12)19-15(20)13-9-18-16(22-13)11-5-3-2-4-6-11/h2-10H,1H3,(H,19,20). The first-order chi connectivity index (χ1) is 10.6. The van der Waals surface area contributed by atoms with Crippen molar-refractivity contribution < 1.29 is 4.79 Å². The molecule has 0 saturated heterocycles. The molecule has 0 bridgehead atoms. The maximum atomic E-state index is 12.3. The van der Waals surface area contributed by atoms with Crippen LogP contribution in [0.2, 0.25) is 4.34 Å². The fourth-order valence-corrected chi connectivity index (χ4v) is 3.88. The molecule has 1 N–H and O–H groups in total. The summed E-state index contributed by atoms with van der Waals surface area (Å²) in [6.07, 6.45) is 1.62. The van der Waals surface area contributed by atoms with Gasteiger partial charge in [0.2, 0.25) is 0 Å². The first-order valence-corrected chi connectivity index (χ1v) is 8.72. The smallest absolute Gasteiger partial charge is 0.263 e. The van der Waals surface area contributed by atoms with Crippen LogP contribution in [0.5, 0.6) is 0 Å². The zero-order valence-corrected chi connectivity index (χ0v) is 14.1. The van der Waals surface area contributed by atoms with Crippen LogP contribution in [-0.4, -0.2) is 10.9 Å². The number of nitrogens with zero attached hydrogens (tertiary/aromatic N) is 1. The highest BCUT2D eigenvalue weighted by Crippen LogP contribution is 2.28. The third-order valence-corrected chi connectivity index (χ3v) is 5.58. The van der Waals surface area contributed by atoms with Crippen LogP contribution in [0.15, 0.2) is 48.7 Å². The van der Waals surface area contributed by atoms with E-state index in [-0.39, 0.29) is 11.9 Å². The zero-order chi connectivity index (χ0) is 15.5. The van der Waals surface area contributed by atoms with Gasteiger partial charge in [0, 0.05) is 10.4 Å². The van der Waals surface area contributed by atoms with Crippen LogP contribution in [0.4, 0.5) is 0 Å². The van der Waals surface area contributed by atoms with Crippen LogP contribution in [0.3, 0.4) is 0 Å². The average molecular weight is 349 g/mol. The molecule has 3 aromatic rings. The van der Waals surface area contributed by atoms with Crippen molar-refractivity contribution in [3.63, 3.8) is 0 Å². The van der Waals surface area contributed by atoms with Crippen molar-refractivity contribution in [2.45, 2.75) is 13.0 Å². The van der Waals surface area contributed by atoms with Gasteiger partial charge in [0.25, 0.3) is 5.91 Å². The number of thiazole rings is 1. The second kappa shape index (κ2) is 6.60. The predicted octanol–water partition coefficient (Wildman–Crippen LogP) is 5.02. The molecule has 22 heavy (non-hydrogen) atoms. The van der Waals surface area contributed by atoms with Crippen LogP contribution in [0.25, 0.3) is 10.6 Å². The van der Waals surface area contributed by atoms with E-state index in [4.69, 9.17) is 11.6 Å². The van der Waals surface area contributed by atoms with Crippen molar-refractivity contribution in [3.05, 3.63) is 62.8 Å². The molecule has 2 heterocycles. The van der Waals surface area contributed by atoms with Crippen LogP contribution in [0.1, 0.15) is 27.5 Å². The molecule has 1 atom stereocenters. The number of halogens is 1. The van der Waals surface area contributed by atoms with Gasteiger partial charge in [-0.1, -0.05) is 41.9 Å². The summed E-state index contributed by atoms with van der Waals surface area (Å²) in [5, 5.41) is 3.82. The van der Waals surface area contributed by atoms with E-state index in [0.717, 1.165) is 19.8 Å². The second-order valence-corrected chi connectivity index (χ2v) is 7.51. The van der Waals surface area contributed by atoms with Gasteiger partial charge in [-0.2, -0.15) is 0 Å². The third kappa shape index (κ3) is 3.38. The summed E-state index contributed by atoms with van der Waals surface area (Å²) in [5.74, 6) is -0.114. The summed E-state index contributed by atoms with van der Waals surface area (Å²) < 4.78 is 0.722. The zero-order valence-electron chi connectivity index (χ0n) is 11.7. The van der Waals surface area contributed by atoms with Gasteiger partial charge < -0.3 is 5.32 Å². The molecular formula is C16H13ClN2OS2. The Kier molecular flexibility index (Phi) is 4.57. The predicted molar refractivity (Wildman–Crippen MR) is 92.8 cm³/mol. The van der Waals surface area contributed by atoms with E-state index in [9.17, 15) is 4.79 Å². The molecule has 1 amide bonds. The van der Waals surface area contributed by atoms with Crippen molar-refractivity contribution in [1.82, 2.24) is 10.3 Å². The monoisotopic (exact) mass is 348 g/mol. The molecule has 1 aromatic carbocycles. The topological polar surface area (TPSA) is 42.0 Å². The van der Waals surface area contributed by atoms with E-state index < -0.39 is 0 Å². The third-order valence-electron chi connectivity index (χ3n) is 3.12. The van der Waals surface area contributed by atoms with E-state index in [0.29, 0.717) is 4.88 Å². The normalized spacial score (nSPS) is 12.1. The number of carbonyl (C=O) groups is 1. The van der Waals surface area contributed by atoms with Gasteiger partial charge in [-0.05, 0) is 19.1 Å². The number of carbonyl (C=O) groups excluding carboxylic acids is 1. The summed E-state index contributed by atoms with van der Waals surface area (Å²) >= 11 is 8.79. The molecule has 1 unspecified atom stereocenters. The summed E-state index contributed by atoms with van der Waals surface area (Å²) in [4.78, 5) is 18.3. The average Bonchev–Trinajstić information content (AvgIpc) is 3.17. The molecule has 0 spiro atoms. The Morgan fingerprint density at radius 2 is 1.95 bits per heavy atom. The number of rotatable bonds is 4. The summed E-state index contributed by atoms with van der Waals surface area (Å²) in [6.45, 7) is 1.94. The van der Waals surface area contributed by atoms with Crippen molar-refractivity contribution >= 4 is 40.2 Å². The maximum absolute atomic E-state index is 12.3. The quantitative estimate of drug-likeness (QED) is 0.719. The Morgan fingerprint density at radius 3 is 2.64 bits per heavy atom. The number of benzene rings is 1. The maximum Gasteiger partial charge on any atom is 0.263 e. The van der Waals surface area contributed by atoms with E-state index in [1.165, 1.54) is 22.7 Å². The van der Waals surface area contributed by atoms with Crippen LogP contribution >= 0.6 is 34.3 Å². The molecule has 6 heteroatoms. The van der Waals surface area contributed by atoms with Crippen molar-refractivity contribution in [2.75, 3.05) is 0 Å². The highest BCUT2D eigenvalue weighted by molar-refractivity contribution is 7.17.